The van der Waals surface area contributed by atoms with E-state index in [2.05, 4.69) is 4.72 Å². The summed E-state index contributed by atoms with van der Waals surface area (Å²) in [5.74, 6) is 0. The SMILES string of the molecule is Nc1ccc(S(=O)(=O)NC2CCC(O)CC2)cc1. The second-order valence-corrected chi connectivity index (χ2v) is 6.41. The number of aliphatic hydroxyl groups is 1. The van der Waals surface area contributed by atoms with E-state index in [0.29, 0.717) is 31.4 Å². The van der Waals surface area contributed by atoms with Gasteiger partial charge in [-0.3, -0.25) is 0 Å². The van der Waals surface area contributed by atoms with Gasteiger partial charge in [-0.15, -0.1) is 0 Å². The Morgan fingerprint density at radius 3 is 2.22 bits per heavy atom. The maximum Gasteiger partial charge on any atom is 0.240 e. The van der Waals surface area contributed by atoms with Crippen LogP contribution in [0.1, 0.15) is 25.7 Å². The molecule has 0 saturated heterocycles. The second-order valence-electron chi connectivity index (χ2n) is 4.70. The zero-order chi connectivity index (χ0) is 13.2. The quantitative estimate of drug-likeness (QED) is 0.710. The number of anilines is 1. The predicted octanol–water partition coefficient (Wildman–Crippen LogP) is 0.851. The molecule has 0 spiro atoms. The number of sulfonamides is 1. The van der Waals surface area contributed by atoms with Gasteiger partial charge in [-0.2, -0.15) is 0 Å². The smallest absolute Gasteiger partial charge is 0.240 e. The first-order chi connectivity index (χ1) is 8.47. The number of rotatable bonds is 3. The van der Waals surface area contributed by atoms with E-state index in [4.69, 9.17) is 5.73 Å². The van der Waals surface area contributed by atoms with E-state index in [-0.39, 0.29) is 17.0 Å². The van der Waals surface area contributed by atoms with E-state index in [1.165, 1.54) is 12.1 Å². The molecular formula is C12H18N2O3S. The molecule has 0 amide bonds. The molecule has 0 aromatic heterocycles. The minimum absolute atomic E-state index is 0.0871. The van der Waals surface area contributed by atoms with Crippen LogP contribution in [0.15, 0.2) is 29.2 Å². The lowest BCUT2D eigenvalue weighted by Gasteiger charge is -2.25. The molecule has 5 nitrogen and oxygen atoms in total. The summed E-state index contributed by atoms with van der Waals surface area (Å²) in [5, 5.41) is 9.38. The molecule has 100 valence electrons. The molecule has 0 aliphatic heterocycles. The summed E-state index contributed by atoms with van der Waals surface area (Å²) in [6, 6.07) is 6.04. The Bertz CT molecular complexity index is 491. The topological polar surface area (TPSA) is 92.4 Å². The molecule has 1 aromatic rings. The average Bonchev–Trinajstić information content (AvgIpc) is 2.32. The van der Waals surface area contributed by atoms with Gasteiger partial charge in [0.15, 0.2) is 0 Å². The van der Waals surface area contributed by atoms with Crippen LogP contribution < -0.4 is 10.5 Å². The van der Waals surface area contributed by atoms with Gasteiger partial charge in [0.2, 0.25) is 10.0 Å². The number of hydrogen-bond donors (Lipinski definition) is 3. The second kappa shape index (κ2) is 5.26. The van der Waals surface area contributed by atoms with Gasteiger partial charge in [-0.25, -0.2) is 13.1 Å². The zero-order valence-electron chi connectivity index (χ0n) is 10.0. The van der Waals surface area contributed by atoms with Crippen molar-refractivity contribution in [2.45, 2.75) is 42.7 Å². The molecule has 1 saturated carbocycles. The minimum Gasteiger partial charge on any atom is -0.399 e. The highest BCUT2D eigenvalue weighted by Crippen LogP contribution is 2.20. The standard InChI is InChI=1S/C12H18N2O3S/c13-9-1-7-12(8-2-9)18(16,17)14-10-3-5-11(15)6-4-10/h1-2,7-8,10-11,14-15H,3-6,13H2. The normalized spacial score (nSPS) is 24.9. The van der Waals surface area contributed by atoms with Gasteiger partial charge >= 0.3 is 0 Å². The lowest BCUT2D eigenvalue weighted by molar-refractivity contribution is 0.120. The van der Waals surface area contributed by atoms with Crippen LogP contribution in [0.5, 0.6) is 0 Å². The third kappa shape index (κ3) is 3.22. The van der Waals surface area contributed by atoms with Crippen LogP contribution >= 0.6 is 0 Å². The van der Waals surface area contributed by atoms with Crippen LogP contribution in [0.4, 0.5) is 5.69 Å². The Morgan fingerprint density at radius 1 is 1.11 bits per heavy atom. The summed E-state index contributed by atoms with van der Waals surface area (Å²) in [4.78, 5) is 0.225. The van der Waals surface area contributed by atoms with Crippen LogP contribution in [0.25, 0.3) is 0 Å². The molecule has 0 bridgehead atoms. The maximum atomic E-state index is 12.1. The number of nitrogen functional groups attached to an aromatic ring is 1. The fourth-order valence-corrected chi connectivity index (χ4v) is 3.43. The number of nitrogens with one attached hydrogen (secondary N) is 1. The molecule has 1 aromatic carbocycles. The molecule has 1 aliphatic rings. The Morgan fingerprint density at radius 2 is 1.67 bits per heavy atom. The highest BCUT2D eigenvalue weighted by molar-refractivity contribution is 7.89. The highest BCUT2D eigenvalue weighted by atomic mass is 32.2. The summed E-state index contributed by atoms with van der Waals surface area (Å²) in [6.07, 6.45) is 2.36. The lowest BCUT2D eigenvalue weighted by atomic mass is 9.94. The molecule has 6 heteroatoms. The molecule has 1 fully saturated rings. The molecule has 2 rings (SSSR count). The summed E-state index contributed by atoms with van der Waals surface area (Å²) in [5.41, 5.74) is 6.06. The fourth-order valence-electron chi connectivity index (χ4n) is 2.13. The van der Waals surface area contributed by atoms with E-state index in [1.54, 1.807) is 12.1 Å². The van der Waals surface area contributed by atoms with Gasteiger partial charge in [0.1, 0.15) is 0 Å². The average molecular weight is 270 g/mol. The van der Waals surface area contributed by atoms with Crippen molar-refractivity contribution in [2.24, 2.45) is 0 Å². The molecule has 0 radical (unpaired) electrons. The maximum absolute atomic E-state index is 12.1. The van der Waals surface area contributed by atoms with E-state index in [1.807, 2.05) is 0 Å². The molecule has 0 unspecified atom stereocenters. The van der Waals surface area contributed by atoms with Gasteiger partial charge in [-0.1, -0.05) is 0 Å². The fraction of sp³-hybridized carbons (Fsp3) is 0.500. The summed E-state index contributed by atoms with van der Waals surface area (Å²) >= 11 is 0. The van der Waals surface area contributed by atoms with Crippen LogP contribution in [0.3, 0.4) is 0 Å². The summed E-state index contributed by atoms with van der Waals surface area (Å²) < 4.78 is 26.8. The summed E-state index contributed by atoms with van der Waals surface area (Å²) in [7, 11) is -3.48. The first-order valence-electron chi connectivity index (χ1n) is 6.03. The van der Waals surface area contributed by atoms with Crippen LogP contribution in [0.2, 0.25) is 0 Å². The van der Waals surface area contributed by atoms with Gasteiger partial charge in [-0.05, 0) is 49.9 Å². The highest BCUT2D eigenvalue weighted by Gasteiger charge is 2.24. The van der Waals surface area contributed by atoms with E-state index < -0.39 is 10.0 Å². The summed E-state index contributed by atoms with van der Waals surface area (Å²) in [6.45, 7) is 0. The van der Waals surface area contributed by atoms with Gasteiger partial charge in [0, 0.05) is 11.7 Å². The minimum atomic E-state index is -3.48. The first kappa shape index (κ1) is 13.3. The van der Waals surface area contributed by atoms with Crippen molar-refractivity contribution >= 4 is 15.7 Å². The third-order valence-corrected chi connectivity index (χ3v) is 4.75. The molecular weight excluding hydrogens is 252 g/mol. The number of benzene rings is 1. The van der Waals surface area contributed by atoms with E-state index >= 15 is 0 Å². The Kier molecular flexibility index (Phi) is 3.89. The van der Waals surface area contributed by atoms with Crippen molar-refractivity contribution < 1.29 is 13.5 Å². The number of aliphatic hydroxyl groups excluding tert-OH is 1. The molecule has 18 heavy (non-hydrogen) atoms. The lowest BCUT2D eigenvalue weighted by Crippen LogP contribution is -2.38. The van der Waals surface area contributed by atoms with Crippen molar-refractivity contribution in [1.29, 1.82) is 0 Å². The van der Waals surface area contributed by atoms with E-state index in [0.717, 1.165) is 0 Å². The molecule has 0 atom stereocenters. The van der Waals surface area contributed by atoms with Crippen LogP contribution in [-0.2, 0) is 10.0 Å². The van der Waals surface area contributed by atoms with Crippen LogP contribution in [-0.4, -0.2) is 25.7 Å². The zero-order valence-corrected chi connectivity index (χ0v) is 10.9. The number of nitrogens with two attached hydrogens (primary N) is 1. The monoisotopic (exact) mass is 270 g/mol. The van der Waals surface area contributed by atoms with E-state index in [9.17, 15) is 13.5 Å². The van der Waals surface area contributed by atoms with Crippen LogP contribution in [0, 0.1) is 0 Å². The van der Waals surface area contributed by atoms with Gasteiger partial charge in [0.25, 0.3) is 0 Å². The van der Waals surface area contributed by atoms with Crippen molar-refractivity contribution in [3.05, 3.63) is 24.3 Å². The first-order valence-corrected chi connectivity index (χ1v) is 7.51. The van der Waals surface area contributed by atoms with Crippen molar-refractivity contribution in [3.63, 3.8) is 0 Å². The van der Waals surface area contributed by atoms with Gasteiger partial charge < -0.3 is 10.8 Å². The largest absolute Gasteiger partial charge is 0.399 e. The Labute approximate surface area is 107 Å². The van der Waals surface area contributed by atoms with Crippen molar-refractivity contribution in [1.82, 2.24) is 4.72 Å². The molecule has 1 aliphatic carbocycles. The Balaban J connectivity index is 2.05. The predicted molar refractivity (Wildman–Crippen MR) is 69.4 cm³/mol. The van der Waals surface area contributed by atoms with Crippen molar-refractivity contribution in [2.75, 3.05) is 5.73 Å². The van der Waals surface area contributed by atoms with Crippen molar-refractivity contribution in [3.8, 4) is 0 Å². The third-order valence-electron chi connectivity index (χ3n) is 3.21. The van der Waals surface area contributed by atoms with Gasteiger partial charge in [0.05, 0.1) is 11.0 Å². The number of hydrogen-bond acceptors (Lipinski definition) is 4. The molecule has 0 heterocycles. The molecule has 4 N–H and O–H groups in total. The Hall–Kier alpha value is -1.11.